The molecule has 0 bridgehead atoms. The number of anilines is 1. The third kappa shape index (κ3) is 4.59. The Kier molecular flexibility index (Phi) is 6.46. The minimum atomic E-state index is -0.257. The molecule has 0 unspecified atom stereocenters. The number of nitrogens with one attached hydrogen (secondary N) is 1. The van der Waals surface area contributed by atoms with Gasteiger partial charge in [-0.3, -0.25) is 0 Å². The van der Waals surface area contributed by atoms with Gasteiger partial charge in [0.2, 0.25) is 5.95 Å². The largest absolute Gasteiger partial charge is 0.497 e. The minimum absolute atomic E-state index is 0.167. The maximum absolute atomic E-state index is 11.8. The number of piperidine rings is 1. The second kappa shape index (κ2) is 9.20. The Hall–Kier alpha value is -3.10. The third-order valence-corrected chi connectivity index (χ3v) is 4.60. The molecule has 3 rings (SSSR count). The van der Waals surface area contributed by atoms with Crippen molar-refractivity contribution in [3.8, 4) is 22.8 Å². The van der Waals surface area contributed by atoms with Gasteiger partial charge in [0.05, 0.1) is 32.7 Å². The number of hydrogen-bond acceptors (Lipinski definition) is 8. The Morgan fingerprint density at radius 2 is 2.04 bits per heavy atom. The third-order valence-electron chi connectivity index (χ3n) is 4.60. The van der Waals surface area contributed by atoms with Gasteiger partial charge in [0.15, 0.2) is 0 Å². The van der Waals surface area contributed by atoms with Crippen LogP contribution in [-0.4, -0.2) is 66.1 Å². The molecule has 9 heteroatoms. The molecule has 1 aromatic carbocycles. The van der Waals surface area contributed by atoms with Crippen molar-refractivity contribution in [1.29, 1.82) is 0 Å². The molecule has 28 heavy (non-hydrogen) atoms. The number of benzene rings is 1. The molecule has 0 spiro atoms. The predicted molar refractivity (Wildman–Crippen MR) is 104 cm³/mol. The molecule has 2 heterocycles. The lowest BCUT2D eigenvalue weighted by Crippen LogP contribution is -2.42. The molecule has 0 saturated carbocycles. The molecular weight excluding hydrogens is 362 g/mol. The summed E-state index contributed by atoms with van der Waals surface area (Å²) in [7, 11) is 3.21. The SMILES string of the molecule is CCOC(=O)N1CCC(Nc2nncc(-c3ccc(OC)cc3OC)n2)CC1. The molecule has 1 aliphatic rings. The molecule has 1 fully saturated rings. The van der Waals surface area contributed by atoms with E-state index in [2.05, 4.69) is 20.5 Å². The van der Waals surface area contributed by atoms with E-state index in [9.17, 15) is 4.79 Å². The second-order valence-electron chi connectivity index (χ2n) is 6.34. The maximum atomic E-state index is 11.8. The average molecular weight is 387 g/mol. The summed E-state index contributed by atoms with van der Waals surface area (Å²) in [5.41, 5.74) is 1.46. The molecule has 1 amide bonds. The summed E-state index contributed by atoms with van der Waals surface area (Å²) in [5, 5.41) is 11.5. The van der Waals surface area contributed by atoms with E-state index in [1.54, 1.807) is 38.3 Å². The van der Waals surface area contributed by atoms with E-state index in [0.717, 1.165) is 18.4 Å². The van der Waals surface area contributed by atoms with E-state index >= 15 is 0 Å². The molecular formula is C19H25N5O4. The Bertz CT molecular complexity index is 809. The Balaban J connectivity index is 1.67. The summed E-state index contributed by atoms with van der Waals surface area (Å²) in [6.45, 7) is 3.46. The van der Waals surface area contributed by atoms with Gasteiger partial charge >= 0.3 is 6.09 Å². The molecule has 0 aliphatic carbocycles. The second-order valence-corrected chi connectivity index (χ2v) is 6.34. The lowest BCUT2D eigenvalue weighted by Gasteiger charge is -2.31. The van der Waals surface area contributed by atoms with E-state index in [1.807, 2.05) is 12.1 Å². The molecule has 2 aromatic rings. The number of carbonyl (C=O) groups excluding carboxylic acids is 1. The highest BCUT2D eigenvalue weighted by Gasteiger charge is 2.24. The van der Waals surface area contributed by atoms with Crippen LogP contribution < -0.4 is 14.8 Å². The molecule has 9 nitrogen and oxygen atoms in total. The quantitative estimate of drug-likeness (QED) is 0.808. The van der Waals surface area contributed by atoms with Crippen LogP contribution in [0.2, 0.25) is 0 Å². The van der Waals surface area contributed by atoms with Gasteiger partial charge in [0, 0.05) is 30.8 Å². The van der Waals surface area contributed by atoms with Crippen LogP contribution in [0, 0.1) is 0 Å². The van der Waals surface area contributed by atoms with Crippen molar-refractivity contribution in [2.45, 2.75) is 25.8 Å². The number of hydrogen-bond donors (Lipinski definition) is 1. The van der Waals surface area contributed by atoms with Gasteiger partial charge in [-0.15, -0.1) is 5.10 Å². The van der Waals surface area contributed by atoms with Gasteiger partial charge in [-0.25, -0.2) is 9.78 Å². The van der Waals surface area contributed by atoms with Gasteiger partial charge in [0.1, 0.15) is 11.5 Å². The van der Waals surface area contributed by atoms with Gasteiger partial charge in [0.25, 0.3) is 0 Å². The number of rotatable bonds is 6. The van der Waals surface area contributed by atoms with Gasteiger partial charge in [-0.2, -0.15) is 5.10 Å². The van der Waals surface area contributed by atoms with Crippen molar-refractivity contribution >= 4 is 12.0 Å². The van der Waals surface area contributed by atoms with E-state index in [1.165, 1.54) is 0 Å². The first-order valence-corrected chi connectivity index (χ1v) is 9.25. The smallest absolute Gasteiger partial charge is 0.409 e. The Morgan fingerprint density at radius 3 is 2.71 bits per heavy atom. The fraction of sp³-hybridized carbons (Fsp3) is 0.474. The fourth-order valence-electron chi connectivity index (χ4n) is 3.11. The van der Waals surface area contributed by atoms with Crippen LogP contribution in [0.1, 0.15) is 19.8 Å². The zero-order chi connectivity index (χ0) is 19.9. The van der Waals surface area contributed by atoms with Crippen molar-refractivity contribution in [2.75, 3.05) is 39.2 Å². The molecule has 0 atom stereocenters. The van der Waals surface area contributed by atoms with Crippen molar-refractivity contribution in [3.63, 3.8) is 0 Å². The highest BCUT2D eigenvalue weighted by Crippen LogP contribution is 2.32. The van der Waals surface area contributed by atoms with E-state index < -0.39 is 0 Å². The summed E-state index contributed by atoms with van der Waals surface area (Å²) in [4.78, 5) is 18.1. The zero-order valence-electron chi connectivity index (χ0n) is 16.3. The lowest BCUT2D eigenvalue weighted by molar-refractivity contribution is 0.0983. The van der Waals surface area contributed by atoms with E-state index in [4.69, 9.17) is 14.2 Å². The summed E-state index contributed by atoms with van der Waals surface area (Å²) in [6.07, 6.45) is 2.92. The first kappa shape index (κ1) is 19.7. The molecule has 1 aliphatic heterocycles. The fourth-order valence-corrected chi connectivity index (χ4v) is 3.11. The summed E-state index contributed by atoms with van der Waals surface area (Å²) >= 11 is 0. The molecule has 0 radical (unpaired) electrons. The predicted octanol–water partition coefficient (Wildman–Crippen LogP) is 2.59. The first-order valence-electron chi connectivity index (χ1n) is 9.25. The Morgan fingerprint density at radius 1 is 1.25 bits per heavy atom. The van der Waals surface area contributed by atoms with Gasteiger partial charge in [-0.05, 0) is 31.9 Å². The average Bonchev–Trinajstić information content (AvgIpc) is 2.74. The molecule has 150 valence electrons. The van der Waals surface area contributed by atoms with Gasteiger partial charge in [-0.1, -0.05) is 0 Å². The number of likely N-dealkylation sites (tertiary alicyclic amines) is 1. The van der Waals surface area contributed by atoms with Crippen LogP contribution in [-0.2, 0) is 4.74 Å². The van der Waals surface area contributed by atoms with Crippen LogP contribution in [0.3, 0.4) is 0 Å². The van der Waals surface area contributed by atoms with Gasteiger partial charge < -0.3 is 24.4 Å². The van der Waals surface area contributed by atoms with Crippen LogP contribution in [0.4, 0.5) is 10.7 Å². The Labute approximate surface area is 164 Å². The number of aromatic nitrogens is 3. The lowest BCUT2D eigenvalue weighted by atomic mass is 10.1. The first-order chi connectivity index (χ1) is 13.6. The highest BCUT2D eigenvalue weighted by molar-refractivity contribution is 5.69. The van der Waals surface area contributed by atoms with E-state index in [0.29, 0.717) is 42.8 Å². The summed E-state index contributed by atoms with van der Waals surface area (Å²) < 4.78 is 15.7. The van der Waals surface area contributed by atoms with Crippen LogP contribution in [0.5, 0.6) is 11.5 Å². The number of nitrogens with zero attached hydrogens (tertiary/aromatic N) is 4. The van der Waals surface area contributed by atoms with Crippen molar-refractivity contribution in [3.05, 3.63) is 24.4 Å². The van der Waals surface area contributed by atoms with Crippen LogP contribution in [0.25, 0.3) is 11.3 Å². The standard InChI is InChI=1S/C19H25N5O4/c1-4-28-19(25)24-9-7-13(8-10-24)21-18-22-16(12-20-23-18)15-6-5-14(26-2)11-17(15)27-3/h5-6,11-13H,4,7-10H2,1-3H3,(H,21,22,23). The van der Waals surface area contributed by atoms with Crippen molar-refractivity contribution < 1.29 is 19.0 Å². The van der Waals surface area contributed by atoms with Crippen LogP contribution in [0.15, 0.2) is 24.4 Å². The van der Waals surface area contributed by atoms with E-state index in [-0.39, 0.29) is 12.1 Å². The zero-order valence-corrected chi connectivity index (χ0v) is 16.3. The number of ether oxygens (including phenoxy) is 3. The summed E-state index contributed by atoms with van der Waals surface area (Å²) in [5.74, 6) is 1.80. The molecule has 1 saturated heterocycles. The topological polar surface area (TPSA) is 98.7 Å². The normalized spacial score (nSPS) is 14.5. The summed E-state index contributed by atoms with van der Waals surface area (Å²) in [6, 6.07) is 5.69. The molecule has 1 aromatic heterocycles. The maximum Gasteiger partial charge on any atom is 0.409 e. The minimum Gasteiger partial charge on any atom is -0.497 e. The van der Waals surface area contributed by atoms with Crippen molar-refractivity contribution in [1.82, 2.24) is 20.1 Å². The highest BCUT2D eigenvalue weighted by atomic mass is 16.6. The number of carbonyl (C=O) groups is 1. The number of methoxy groups -OCH3 is 2. The monoisotopic (exact) mass is 387 g/mol. The molecule has 1 N–H and O–H groups in total. The number of amides is 1. The van der Waals surface area contributed by atoms with Crippen LogP contribution >= 0.6 is 0 Å². The van der Waals surface area contributed by atoms with Crippen molar-refractivity contribution in [2.24, 2.45) is 0 Å².